The largest absolute Gasteiger partial charge is 0.378 e. The summed E-state index contributed by atoms with van der Waals surface area (Å²) in [4.78, 5) is 26.8. The molecule has 1 spiro atoms. The van der Waals surface area contributed by atoms with Gasteiger partial charge in [0.2, 0.25) is 5.91 Å². The molecule has 1 heterocycles. The topological polar surface area (TPSA) is 55.4 Å². The highest BCUT2D eigenvalue weighted by Gasteiger charge is 2.55. The van der Waals surface area contributed by atoms with E-state index in [4.69, 9.17) is 16.3 Å². The molecule has 5 heteroatoms. The molecule has 0 radical (unpaired) electrons. The maximum absolute atomic E-state index is 13.7. The minimum absolute atomic E-state index is 0.00337. The van der Waals surface area contributed by atoms with Crippen molar-refractivity contribution in [3.05, 3.63) is 58.1 Å². The van der Waals surface area contributed by atoms with Crippen LogP contribution in [0, 0.1) is 13.8 Å². The Balaban J connectivity index is 1.73. The molecule has 158 valence electrons. The number of amides is 1. The number of carbonyl (C=O) groups excluding carboxylic acids is 2. The Morgan fingerprint density at radius 1 is 1.13 bits per heavy atom. The molecule has 1 N–H and O–H groups in total. The number of rotatable bonds is 4. The third-order valence-electron chi connectivity index (χ3n) is 6.64. The van der Waals surface area contributed by atoms with E-state index in [-0.39, 0.29) is 17.8 Å². The molecule has 1 saturated carbocycles. The third kappa shape index (κ3) is 3.57. The summed E-state index contributed by atoms with van der Waals surface area (Å²) in [5.74, 6) is -0.953. The minimum atomic E-state index is -0.797. The summed E-state index contributed by atoms with van der Waals surface area (Å²) >= 11 is 6.05. The van der Waals surface area contributed by atoms with Crippen LogP contribution in [0.4, 0.5) is 0 Å². The highest BCUT2D eigenvalue weighted by molar-refractivity contribution is 6.30. The fourth-order valence-electron chi connectivity index (χ4n) is 5.22. The number of nitrogens with one attached hydrogen (secondary N) is 1. The van der Waals surface area contributed by atoms with E-state index < -0.39 is 11.5 Å². The van der Waals surface area contributed by atoms with Crippen molar-refractivity contribution in [2.24, 2.45) is 0 Å². The zero-order chi connectivity index (χ0) is 21.5. The van der Waals surface area contributed by atoms with Gasteiger partial charge in [-0.15, -0.1) is 0 Å². The molecule has 1 saturated heterocycles. The second kappa shape index (κ2) is 8.16. The molecule has 2 fully saturated rings. The number of ether oxygens (including phenoxy) is 1. The van der Waals surface area contributed by atoms with Gasteiger partial charge in [-0.05, 0) is 80.0 Å². The predicted octanol–water partition coefficient (Wildman–Crippen LogP) is 5.12. The SMILES string of the molecule is CCOC1CCCC2(C1)NC(=O)C(c1c(C)ccc(-c3ccc(Cl)cc3)c1C)C2=O. The van der Waals surface area contributed by atoms with Gasteiger partial charge < -0.3 is 10.1 Å². The molecule has 2 aromatic carbocycles. The molecule has 0 aromatic heterocycles. The molecule has 2 aromatic rings. The lowest BCUT2D eigenvalue weighted by Crippen LogP contribution is -2.51. The monoisotopic (exact) mass is 425 g/mol. The molecule has 2 aliphatic rings. The summed E-state index contributed by atoms with van der Waals surface area (Å²) in [6, 6.07) is 11.7. The Hall–Kier alpha value is -2.17. The molecule has 1 aliphatic heterocycles. The molecular weight excluding hydrogens is 398 g/mol. The lowest BCUT2D eigenvalue weighted by atomic mass is 9.74. The van der Waals surface area contributed by atoms with Crippen molar-refractivity contribution in [1.82, 2.24) is 5.32 Å². The Bertz CT molecular complexity index is 983. The summed E-state index contributed by atoms with van der Waals surface area (Å²) < 4.78 is 5.81. The molecule has 1 aliphatic carbocycles. The normalized spacial score (nSPS) is 26.3. The van der Waals surface area contributed by atoms with Gasteiger partial charge in [0.1, 0.15) is 11.5 Å². The van der Waals surface area contributed by atoms with Crippen LogP contribution in [0.25, 0.3) is 11.1 Å². The van der Waals surface area contributed by atoms with Crippen LogP contribution in [0.2, 0.25) is 5.02 Å². The van der Waals surface area contributed by atoms with Crippen LogP contribution in [0.3, 0.4) is 0 Å². The van der Waals surface area contributed by atoms with Gasteiger partial charge in [0.15, 0.2) is 5.78 Å². The van der Waals surface area contributed by atoms with Gasteiger partial charge in [-0.1, -0.05) is 35.9 Å². The van der Waals surface area contributed by atoms with Crippen LogP contribution in [-0.4, -0.2) is 29.9 Å². The summed E-state index contributed by atoms with van der Waals surface area (Å²) in [6.45, 7) is 6.56. The van der Waals surface area contributed by atoms with Gasteiger partial charge >= 0.3 is 0 Å². The van der Waals surface area contributed by atoms with Gasteiger partial charge in [-0.2, -0.15) is 0 Å². The molecule has 30 heavy (non-hydrogen) atoms. The van der Waals surface area contributed by atoms with Crippen molar-refractivity contribution in [2.75, 3.05) is 6.61 Å². The number of hydrogen-bond acceptors (Lipinski definition) is 3. The van der Waals surface area contributed by atoms with Crippen molar-refractivity contribution in [2.45, 2.75) is 64.0 Å². The van der Waals surface area contributed by atoms with Crippen LogP contribution in [0.1, 0.15) is 55.2 Å². The van der Waals surface area contributed by atoms with Crippen molar-refractivity contribution >= 4 is 23.3 Å². The zero-order valence-corrected chi connectivity index (χ0v) is 18.5. The molecular formula is C25H28ClNO3. The van der Waals surface area contributed by atoms with E-state index in [9.17, 15) is 9.59 Å². The number of ketones is 1. The minimum Gasteiger partial charge on any atom is -0.378 e. The second-order valence-electron chi connectivity index (χ2n) is 8.52. The van der Waals surface area contributed by atoms with E-state index in [0.717, 1.165) is 40.7 Å². The summed E-state index contributed by atoms with van der Waals surface area (Å²) in [6.07, 6.45) is 3.10. The maximum atomic E-state index is 13.7. The maximum Gasteiger partial charge on any atom is 0.235 e. The second-order valence-corrected chi connectivity index (χ2v) is 8.95. The van der Waals surface area contributed by atoms with E-state index in [2.05, 4.69) is 11.4 Å². The molecule has 1 amide bonds. The predicted molar refractivity (Wildman–Crippen MR) is 119 cm³/mol. The Kier molecular flexibility index (Phi) is 5.73. The zero-order valence-electron chi connectivity index (χ0n) is 17.8. The first-order valence-corrected chi connectivity index (χ1v) is 11.1. The van der Waals surface area contributed by atoms with E-state index in [1.54, 1.807) is 0 Å². The molecule has 3 unspecified atom stereocenters. The average molecular weight is 426 g/mol. The van der Waals surface area contributed by atoms with E-state index in [1.807, 2.05) is 51.1 Å². The first-order chi connectivity index (χ1) is 14.4. The summed E-state index contributed by atoms with van der Waals surface area (Å²) in [5, 5.41) is 3.77. The Labute approximate surface area is 183 Å². The molecule has 0 bridgehead atoms. The first-order valence-electron chi connectivity index (χ1n) is 10.7. The number of benzene rings is 2. The van der Waals surface area contributed by atoms with Gasteiger partial charge in [0.05, 0.1) is 6.10 Å². The quantitative estimate of drug-likeness (QED) is 0.691. The highest BCUT2D eigenvalue weighted by atomic mass is 35.5. The number of Topliss-reactive ketones (excluding diaryl/α,β-unsaturated/α-hetero) is 1. The van der Waals surface area contributed by atoms with Crippen molar-refractivity contribution in [1.29, 1.82) is 0 Å². The summed E-state index contributed by atoms with van der Waals surface area (Å²) in [7, 11) is 0. The molecule has 4 rings (SSSR count). The first kappa shape index (κ1) is 21.1. The highest BCUT2D eigenvalue weighted by Crippen LogP contribution is 2.43. The third-order valence-corrected chi connectivity index (χ3v) is 6.90. The number of halogens is 1. The van der Waals surface area contributed by atoms with E-state index in [0.29, 0.717) is 24.5 Å². The van der Waals surface area contributed by atoms with Crippen molar-refractivity contribution in [3.63, 3.8) is 0 Å². The van der Waals surface area contributed by atoms with Crippen LogP contribution in [0.15, 0.2) is 36.4 Å². The van der Waals surface area contributed by atoms with Gasteiger partial charge in [0, 0.05) is 18.1 Å². The smallest absolute Gasteiger partial charge is 0.235 e. The fraction of sp³-hybridized carbons (Fsp3) is 0.440. The Morgan fingerprint density at radius 2 is 1.87 bits per heavy atom. The van der Waals surface area contributed by atoms with Crippen LogP contribution < -0.4 is 5.32 Å². The molecule has 4 nitrogen and oxygen atoms in total. The lowest BCUT2D eigenvalue weighted by molar-refractivity contribution is -0.127. The number of hydrogen-bond donors (Lipinski definition) is 1. The van der Waals surface area contributed by atoms with Crippen LogP contribution in [-0.2, 0) is 14.3 Å². The standard InChI is InChI=1S/C25H28ClNO3/c1-4-30-19-6-5-13-25(14-19)23(28)22(24(29)27-25)21-15(2)7-12-20(16(21)3)17-8-10-18(26)11-9-17/h7-12,19,22H,4-6,13-14H2,1-3H3,(H,27,29). The van der Waals surface area contributed by atoms with Gasteiger partial charge in [-0.25, -0.2) is 0 Å². The van der Waals surface area contributed by atoms with Crippen LogP contribution >= 0.6 is 11.6 Å². The van der Waals surface area contributed by atoms with Gasteiger partial charge in [-0.3, -0.25) is 9.59 Å². The van der Waals surface area contributed by atoms with Crippen LogP contribution in [0.5, 0.6) is 0 Å². The lowest BCUT2D eigenvalue weighted by Gasteiger charge is -2.36. The Morgan fingerprint density at radius 3 is 2.57 bits per heavy atom. The van der Waals surface area contributed by atoms with Crippen molar-refractivity contribution < 1.29 is 14.3 Å². The van der Waals surface area contributed by atoms with E-state index >= 15 is 0 Å². The average Bonchev–Trinajstić information content (AvgIpc) is 2.93. The number of carbonyl (C=O) groups is 2. The van der Waals surface area contributed by atoms with E-state index in [1.165, 1.54) is 0 Å². The molecule has 3 atom stereocenters. The van der Waals surface area contributed by atoms with Gasteiger partial charge in [0.25, 0.3) is 0 Å². The van der Waals surface area contributed by atoms with Crippen molar-refractivity contribution in [3.8, 4) is 11.1 Å². The summed E-state index contributed by atoms with van der Waals surface area (Å²) in [5.41, 5.74) is 4.01. The number of aryl methyl sites for hydroxylation is 1. The fourth-order valence-corrected chi connectivity index (χ4v) is 5.34.